The lowest BCUT2D eigenvalue weighted by atomic mass is 10.1. The van der Waals surface area contributed by atoms with E-state index >= 15 is 0 Å². The zero-order valence-electron chi connectivity index (χ0n) is 18.5. The summed E-state index contributed by atoms with van der Waals surface area (Å²) in [4.78, 5) is 7.48. The molecule has 1 atom stereocenters. The van der Waals surface area contributed by atoms with Gasteiger partial charge in [-0.3, -0.25) is 9.89 Å². The number of nitrogens with one attached hydrogen (secondary N) is 2. The van der Waals surface area contributed by atoms with Crippen LogP contribution in [0.25, 0.3) is 0 Å². The highest BCUT2D eigenvalue weighted by molar-refractivity contribution is 14.0. The molecular formula is C23H34IN5O2S. The first-order valence-corrected chi connectivity index (χ1v) is 12.4. The van der Waals surface area contributed by atoms with E-state index in [2.05, 4.69) is 52.8 Å². The molecule has 0 spiro atoms. The van der Waals surface area contributed by atoms with Gasteiger partial charge in [-0.1, -0.05) is 42.5 Å². The predicted molar refractivity (Wildman–Crippen MR) is 141 cm³/mol. The lowest BCUT2D eigenvalue weighted by molar-refractivity contribution is 0.250. The predicted octanol–water partition coefficient (Wildman–Crippen LogP) is 2.71. The van der Waals surface area contributed by atoms with E-state index in [0.29, 0.717) is 12.6 Å². The minimum absolute atomic E-state index is 0. The quantitative estimate of drug-likeness (QED) is 0.244. The van der Waals surface area contributed by atoms with Gasteiger partial charge >= 0.3 is 0 Å². The summed E-state index contributed by atoms with van der Waals surface area (Å²) >= 11 is 0. The lowest BCUT2D eigenvalue weighted by Gasteiger charge is -2.23. The largest absolute Gasteiger partial charge is 0.357 e. The Kier molecular flexibility index (Phi) is 10.9. The van der Waals surface area contributed by atoms with Crippen LogP contribution in [0.15, 0.2) is 64.5 Å². The van der Waals surface area contributed by atoms with Crippen LogP contribution in [0.1, 0.15) is 30.9 Å². The van der Waals surface area contributed by atoms with Crippen molar-refractivity contribution in [1.29, 1.82) is 0 Å². The van der Waals surface area contributed by atoms with Crippen LogP contribution >= 0.6 is 24.0 Å². The fourth-order valence-electron chi connectivity index (χ4n) is 3.84. The van der Waals surface area contributed by atoms with Crippen LogP contribution in [0, 0.1) is 0 Å². The second-order valence-electron chi connectivity index (χ2n) is 7.84. The van der Waals surface area contributed by atoms with E-state index in [1.165, 1.54) is 18.4 Å². The average molecular weight is 572 g/mol. The number of guanidine groups is 1. The maximum atomic E-state index is 11.4. The van der Waals surface area contributed by atoms with Crippen molar-refractivity contribution in [2.75, 3.05) is 26.2 Å². The molecule has 1 fully saturated rings. The third-order valence-electron chi connectivity index (χ3n) is 5.49. The van der Waals surface area contributed by atoms with Crippen molar-refractivity contribution in [2.24, 2.45) is 10.1 Å². The first kappa shape index (κ1) is 26.6. The van der Waals surface area contributed by atoms with Crippen molar-refractivity contribution in [1.82, 2.24) is 15.5 Å². The van der Waals surface area contributed by atoms with Gasteiger partial charge in [0.15, 0.2) is 5.96 Å². The highest BCUT2D eigenvalue weighted by atomic mass is 127. The van der Waals surface area contributed by atoms with Crippen molar-refractivity contribution in [3.8, 4) is 0 Å². The molecule has 0 saturated carbocycles. The Bertz CT molecular complexity index is 952. The number of primary sulfonamides is 1. The summed E-state index contributed by atoms with van der Waals surface area (Å²) in [6.07, 6.45) is 3.15. The Hall–Kier alpha value is -1.69. The first-order valence-electron chi connectivity index (χ1n) is 10.9. The number of hydrogen-bond acceptors (Lipinski definition) is 4. The number of likely N-dealkylation sites (tertiary alicyclic amines) is 1. The highest BCUT2D eigenvalue weighted by Crippen LogP contribution is 2.20. The number of rotatable bonds is 9. The molecular weight excluding hydrogens is 537 g/mol. The summed E-state index contributed by atoms with van der Waals surface area (Å²) in [7, 11) is -3.65. The summed E-state index contributed by atoms with van der Waals surface area (Å²) in [5.41, 5.74) is 2.39. The number of aliphatic imine (C=N–C) groups is 1. The topological polar surface area (TPSA) is 99.8 Å². The van der Waals surface area contributed by atoms with Crippen molar-refractivity contribution in [2.45, 2.75) is 43.7 Å². The Morgan fingerprint density at radius 2 is 1.81 bits per heavy atom. The molecule has 1 heterocycles. The smallest absolute Gasteiger partial charge is 0.238 e. The van der Waals surface area contributed by atoms with E-state index < -0.39 is 10.0 Å². The molecule has 0 radical (unpaired) electrons. The number of hydrogen-bond donors (Lipinski definition) is 3. The number of benzene rings is 2. The number of nitrogens with zero attached hydrogens (tertiary/aromatic N) is 2. The molecule has 1 unspecified atom stereocenters. The molecule has 0 aromatic heterocycles. The minimum Gasteiger partial charge on any atom is -0.357 e. The highest BCUT2D eigenvalue weighted by Gasteiger charge is 2.24. The molecule has 2 aromatic rings. The van der Waals surface area contributed by atoms with Gasteiger partial charge in [-0.15, -0.1) is 24.0 Å². The fraction of sp³-hybridized carbons (Fsp3) is 0.435. The fourth-order valence-corrected chi connectivity index (χ4v) is 4.35. The molecule has 0 bridgehead atoms. The third-order valence-corrected chi connectivity index (χ3v) is 6.42. The molecule has 1 aliphatic heterocycles. The van der Waals surface area contributed by atoms with Gasteiger partial charge < -0.3 is 10.6 Å². The maximum Gasteiger partial charge on any atom is 0.238 e. The van der Waals surface area contributed by atoms with Crippen LogP contribution in [-0.2, 0) is 23.0 Å². The van der Waals surface area contributed by atoms with Gasteiger partial charge in [0.1, 0.15) is 0 Å². The van der Waals surface area contributed by atoms with E-state index in [-0.39, 0.29) is 28.9 Å². The molecule has 1 saturated heterocycles. The van der Waals surface area contributed by atoms with Crippen LogP contribution in [0.2, 0.25) is 0 Å². The monoisotopic (exact) mass is 571 g/mol. The Balaban J connectivity index is 0.00000363. The number of halogens is 1. The normalized spacial score (nSPS) is 17.1. The third kappa shape index (κ3) is 8.34. The van der Waals surface area contributed by atoms with Crippen molar-refractivity contribution in [3.05, 3.63) is 65.7 Å². The van der Waals surface area contributed by atoms with Crippen LogP contribution < -0.4 is 15.8 Å². The summed E-state index contributed by atoms with van der Waals surface area (Å²) in [6, 6.07) is 17.7. The van der Waals surface area contributed by atoms with Crippen LogP contribution in [0.5, 0.6) is 0 Å². The van der Waals surface area contributed by atoms with Gasteiger partial charge in [0, 0.05) is 25.7 Å². The molecule has 32 heavy (non-hydrogen) atoms. The van der Waals surface area contributed by atoms with Gasteiger partial charge in [0.05, 0.1) is 11.4 Å². The summed E-state index contributed by atoms with van der Waals surface area (Å²) in [5, 5.41) is 11.8. The molecule has 9 heteroatoms. The Morgan fingerprint density at radius 1 is 1.09 bits per heavy atom. The van der Waals surface area contributed by atoms with Crippen LogP contribution in [0.4, 0.5) is 0 Å². The molecule has 4 N–H and O–H groups in total. The molecule has 7 nitrogen and oxygen atoms in total. The van der Waals surface area contributed by atoms with Crippen molar-refractivity contribution >= 4 is 40.0 Å². The summed E-state index contributed by atoms with van der Waals surface area (Å²) in [6.45, 7) is 6.42. The second-order valence-corrected chi connectivity index (χ2v) is 9.40. The van der Waals surface area contributed by atoms with E-state index in [1.54, 1.807) is 24.3 Å². The van der Waals surface area contributed by atoms with Crippen LogP contribution in [-0.4, -0.2) is 51.5 Å². The first-order chi connectivity index (χ1) is 15.0. The zero-order valence-corrected chi connectivity index (χ0v) is 21.7. The van der Waals surface area contributed by atoms with E-state index in [4.69, 9.17) is 10.1 Å². The number of nitrogens with two attached hydrogens (primary N) is 1. The molecule has 176 valence electrons. The van der Waals surface area contributed by atoms with Gasteiger partial charge in [-0.05, 0) is 56.0 Å². The van der Waals surface area contributed by atoms with E-state index in [0.717, 1.165) is 44.1 Å². The zero-order chi connectivity index (χ0) is 22.1. The van der Waals surface area contributed by atoms with E-state index in [1.807, 2.05) is 0 Å². The molecule has 2 aromatic carbocycles. The SMILES string of the molecule is CCNC(=NCC1CCCN1Cc1ccccc1)NCCc1ccc(S(N)(=O)=O)cc1.I. The Morgan fingerprint density at radius 3 is 2.47 bits per heavy atom. The average Bonchev–Trinajstić information content (AvgIpc) is 3.19. The number of sulfonamides is 1. The molecule has 3 rings (SSSR count). The van der Waals surface area contributed by atoms with Crippen molar-refractivity contribution < 1.29 is 8.42 Å². The van der Waals surface area contributed by atoms with Gasteiger partial charge in [-0.25, -0.2) is 13.6 Å². The maximum absolute atomic E-state index is 11.4. The molecule has 0 aliphatic carbocycles. The van der Waals surface area contributed by atoms with Crippen molar-refractivity contribution in [3.63, 3.8) is 0 Å². The van der Waals surface area contributed by atoms with E-state index in [9.17, 15) is 8.42 Å². The van der Waals surface area contributed by atoms with Gasteiger partial charge in [0.25, 0.3) is 0 Å². The summed E-state index contributed by atoms with van der Waals surface area (Å²) in [5.74, 6) is 0.815. The lowest BCUT2D eigenvalue weighted by Crippen LogP contribution is -2.40. The standard InChI is InChI=1S/C23H33N5O2S.HI/c1-2-25-23(26-15-14-19-10-12-22(13-11-19)31(24,29)30)27-17-21-9-6-16-28(21)18-20-7-4-3-5-8-20;/h3-5,7-8,10-13,21H,2,6,9,14-18H2,1H3,(H2,24,29,30)(H2,25,26,27);1H. The Labute approximate surface area is 208 Å². The minimum atomic E-state index is -3.65. The van der Waals surface area contributed by atoms with Crippen LogP contribution in [0.3, 0.4) is 0 Å². The summed E-state index contributed by atoms with van der Waals surface area (Å²) < 4.78 is 22.7. The van der Waals surface area contributed by atoms with Gasteiger partial charge in [-0.2, -0.15) is 0 Å². The molecule has 0 amide bonds. The molecule has 1 aliphatic rings. The van der Waals surface area contributed by atoms with Gasteiger partial charge in [0.2, 0.25) is 10.0 Å². The second kappa shape index (κ2) is 13.1.